The quantitative estimate of drug-likeness (QED) is 0.369. The lowest BCUT2D eigenvalue weighted by atomic mass is 9.82. The largest absolute Gasteiger partial charge is 0.372 e. The number of fused-ring (bicyclic) bond motifs is 1. The Balaban J connectivity index is 1.57. The number of carbonyl (C=O) groups excluding carboxylic acids is 1. The fourth-order valence-electron chi connectivity index (χ4n) is 6.47. The van der Waals surface area contributed by atoms with E-state index in [0.29, 0.717) is 12.0 Å². The van der Waals surface area contributed by atoms with Crippen molar-refractivity contribution in [3.05, 3.63) is 48.5 Å². The zero-order chi connectivity index (χ0) is 24.9. The Labute approximate surface area is 216 Å². The maximum absolute atomic E-state index is 14.1. The topological polar surface area (TPSA) is 50.2 Å². The van der Waals surface area contributed by atoms with Crippen molar-refractivity contribution in [1.82, 2.24) is 14.9 Å². The SMILES string of the molecule is CCN(CC)c1ccc(-c2nc3ccccc3n2C(C(=O)NC2CCCCC2)C2CCCCC2)cc1. The summed E-state index contributed by atoms with van der Waals surface area (Å²) >= 11 is 0. The highest BCUT2D eigenvalue weighted by molar-refractivity contribution is 5.87. The van der Waals surface area contributed by atoms with E-state index in [0.717, 1.165) is 61.2 Å². The van der Waals surface area contributed by atoms with Crippen LogP contribution in [-0.2, 0) is 4.79 Å². The molecule has 5 nitrogen and oxygen atoms in total. The maximum Gasteiger partial charge on any atom is 0.243 e. The second-order valence-electron chi connectivity index (χ2n) is 10.7. The van der Waals surface area contributed by atoms with Gasteiger partial charge in [0.05, 0.1) is 11.0 Å². The maximum atomic E-state index is 14.1. The minimum atomic E-state index is -0.225. The van der Waals surface area contributed by atoms with E-state index in [1.165, 1.54) is 44.2 Å². The minimum absolute atomic E-state index is 0.193. The minimum Gasteiger partial charge on any atom is -0.372 e. The molecule has 2 fully saturated rings. The van der Waals surface area contributed by atoms with Gasteiger partial charge in [0.15, 0.2) is 0 Å². The summed E-state index contributed by atoms with van der Waals surface area (Å²) in [5, 5.41) is 3.49. The molecule has 0 spiro atoms. The van der Waals surface area contributed by atoms with Gasteiger partial charge in [-0.15, -0.1) is 0 Å². The van der Waals surface area contributed by atoms with Crippen LogP contribution in [0.25, 0.3) is 22.4 Å². The number of imidazole rings is 1. The number of aromatic nitrogens is 2. The van der Waals surface area contributed by atoms with Crippen molar-refractivity contribution in [2.45, 2.75) is 90.1 Å². The molecule has 5 rings (SSSR count). The highest BCUT2D eigenvalue weighted by atomic mass is 16.2. The van der Waals surface area contributed by atoms with Crippen LogP contribution < -0.4 is 10.2 Å². The molecule has 0 radical (unpaired) electrons. The number of para-hydroxylation sites is 2. The lowest BCUT2D eigenvalue weighted by molar-refractivity contribution is -0.127. The van der Waals surface area contributed by atoms with Gasteiger partial charge in [0.2, 0.25) is 5.91 Å². The van der Waals surface area contributed by atoms with Gasteiger partial charge in [0.1, 0.15) is 11.9 Å². The first kappa shape index (κ1) is 24.9. The third kappa shape index (κ3) is 5.16. The second-order valence-corrected chi connectivity index (χ2v) is 10.7. The van der Waals surface area contributed by atoms with E-state index in [9.17, 15) is 4.79 Å². The molecule has 2 aromatic carbocycles. The van der Waals surface area contributed by atoms with Gasteiger partial charge in [-0.1, -0.05) is 50.7 Å². The van der Waals surface area contributed by atoms with Gasteiger partial charge in [-0.3, -0.25) is 4.79 Å². The Hall–Kier alpha value is -2.82. The van der Waals surface area contributed by atoms with Gasteiger partial charge >= 0.3 is 0 Å². The molecule has 1 heterocycles. The molecule has 2 saturated carbocycles. The van der Waals surface area contributed by atoms with Gasteiger partial charge in [-0.25, -0.2) is 4.98 Å². The Morgan fingerprint density at radius 1 is 0.917 bits per heavy atom. The number of nitrogens with one attached hydrogen (secondary N) is 1. The number of hydrogen-bond donors (Lipinski definition) is 1. The van der Waals surface area contributed by atoms with E-state index in [1.54, 1.807) is 0 Å². The molecule has 0 bridgehead atoms. The van der Waals surface area contributed by atoms with Crippen molar-refractivity contribution in [2.75, 3.05) is 18.0 Å². The van der Waals surface area contributed by atoms with Crippen molar-refractivity contribution >= 4 is 22.6 Å². The zero-order valence-corrected chi connectivity index (χ0v) is 22.1. The molecule has 1 N–H and O–H groups in total. The third-order valence-electron chi connectivity index (χ3n) is 8.44. The molecule has 0 saturated heterocycles. The average Bonchev–Trinajstić information content (AvgIpc) is 3.30. The fourth-order valence-corrected chi connectivity index (χ4v) is 6.47. The molecular weight excluding hydrogens is 444 g/mol. The van der Waals surface area contributed by atoms with E-state index in [1.807, 2.05) is 6.07 Å². The number of hydrogen-bond acceptors (Lipinski definition) is 3. The lowest BCUT2D eigenvalue weighted by Gasteiger charge is -2.33. The highest BCUT2D eigenvalue weighted by Crippen LogP contribution is 2.39. The highest BCUT2D eigenvalue weighted by Gasteiger charge is 2.35. The summed E-state index contributed by atoms with van der Waals surface area (Å²) in [7, 11) is 0. The summed E-state index contributed by atoms with van der Waals surface area (Å²) in [6, 6.07) is 17.2. The molecule has 5 heteroatoms. The lowest BCUT2D eigenvalue weighted by Crippen LogP contribution is -2.43. The summed E-state index contributed by atoms with van der Waals surface area (Å²) < 4.78 is 2.29. The summed E-state index contributed by atoms with van der Waals surface area (Å²) in [6.45, 7) is 6.35. The molecule has 2 aliphatic rings. The average molecular weight is 487 g/mol. The van der Waals surface area contributed by atoms with Crippen molar-refractivity contribution in [3.63, 3.8) is 0 Å². The molecule has 1 unspecified atom stereocenters. The number of rotatable bonds is 8. The van der Waals surface area contributed by atoms with Crippen LogP contribution in [0.15, 0.2) is 48.5 Å². The molecular formula is C31H42N4O. The summed E-state index contributed by atoms with van der Waals surface area (Å²) in [6.07, 6.45) is 11.8. The summed E-state index contributed by atoms with van der Waals surface area (Å²) in [5.41, 5.74) is 4.33. The second kappa shape index (κ2) is 11.5. The standard InChI is InChI=1S/C31H42N4O/c1-3-34(4-2)26-21-19-24(20-22-26)30-33-27-17-11-12-18-28(27)35(30)29(23-13-7-5-8-14-23)31(36)32-25-15-9-6-10-16-25/h11-12,17-23,25,29H,3-10,13-16H2,1-2H3,(H,32,36). The summed E-state index contributed by atoms with van der Waals surface area (Å²) in [4.78, 5) is 21.6. The fraction of sp³-hybridized carbons (Fsp3) is 0.548. The molecule has 3 aromatic rings. The van der Waals surface area contributed by atoms with Crippen LogP contribution in [0.1, 0.15) is 84.1 Å². The molecule has 1 atom stereocenters. The molecule has 1 amide bonds. The number of amides is 1. The molecule has 2 aliphatic carbocycles. The van der Waals surface area contributed by atoms with Crippen molar-refractivity contribution in [2.24, 2.45) is 5.92 Å². The zero-order valence-electron chi connectivity index (χ0n) is 22.1. The van der Waals surface area contributed by atoms with Crippen LogP contribution in [0.2, 0.25) is 0 Å². The Morgan fingerprint density at radius 3 is 2.22 bits per heavy atom. The number of nitrogens with zero attached hydrogens (tertiary/aromatic N) is 3. The Bertz CT molecular complexity index is 1140. The first-order chi connectivity index (χ1) is 17.7. The van der Waals surface area contributed by atoms with E-state index in [-0.39, 0.29) is 11.9 Å². The normalized spacial score (nSPS) is 18.3. The van der Waals surface area contributed by atoms with Crippen molar-refractivity contribution < 1.29 is 4.79 Å². The number of carbonyl (C=O) groups is 1. The number of anilines is 1. The Morgan fingerprint density at radius 2 is 1.56 bits per heavy atom. The van der Waals surface area contributed by atoms with Gasteiger partial charge < -0.3 is 14.8 Å². The van der Waals surface area contributed by atoms with Crippen molar-refractivity contribution in [1.29, 1.82) is 0 Å². The van der Waals surface area contributed by atoms with Crippen LogP contribution in [-0.4, -0.2) is 34.6 Å². The van der Waals surface area contributed by atoms with Crippen LogP contribution in [0, 0.1) is 5.92 Å². The van der Waals surface area contributed by atoms with Crippen LogP contribution >= 0.6 is 0 Å². The Kier molecular flexibility index (Phi) is 7.93. The number of benzene rings is 2. The monoisotopic (exact) mass is 486 g/mol. The summed E-state index contributed by atoms with van der Waals surface area (Å²) in [5.74, 6) is 1.45. The molecule has 0 aliphatic heterocycles. The predicted molar refractivity (Wildman–Crippen MR) is 149 cm³/mol. The van der Waals surface area contributed by atoms with E-state index in [4.69, 9.17) is 4.98 Å². The van der Waals surface area contributed by atoms with E-state index in [2.05, 4.69) is 71.1 Å². The van der Waals surface area contributed by atoms with E-state index < -0.39 is 0 Å². The van der Waals surface area contributed by atoms with Gasteiger partial charge in [0, 0.05) is 30.4 Å². The predicted octanol–water partition coefficient (Wildman–Crippen LogP) is 7.12. The van der Waals surface area contributed by atoms with Gasteiger partial charge in [-0.2, -0.15) is 0 Å². The van der Waals surface area contributed by atoms with Crippen molar-refractivity contribution in [3.8, 4) is 11.4 Å². The first-order valence-electron chi connectivity index (χ1n) is 14.3. The first-order valence-corrected chi connectivity index (χ1v) is 14.3. The van der Waals surface area contributed by atoms with Crippen LogP contribution in [0.5, 0.6) is 0 Å². The van der Waals surface area contributed by atoms with Crippen LogP contribution in [0.4, 0.5) is 5.69 Å². The smallest absolute Gasteiger partial charge is 0.243 e. The van der Waals surface area contributed by atoms with Gasteiger partial charge in [-0.05, 0) is 81.8 Å². The van der Waals surface area contributed by atoms with E-state index >= 15 is 0 Å². The van der Waals surface area contributed by atoms with Gasteiger partial charge in [0.25, 0.3) is 0 Å². The molecule has 36 heavy (non-hydrogen) atoms. The third-order valence-corrected chi connectivity index (χ3v) is 8.44. The molecule has 1 aromatic heterocycles. The molecule has 192 valence electrons. The van der Waals surface area contributed by atoms with Crippen LogP contribution in [0.3, 0.4) is 0 Å².